The predicted molar refractivity (Wildman–Crippen MR) is 117 cm³/mol. The number of nitrogens with one attached hydrogen (secondary N) is 1. The van der Waals surface area contributed by atoms with E-state index in [1.165, 1.54) is 11.3 Å². The van der Waals surface area contributed by atoms with Crippen molar-refractivity contribution in [3.8, 4) is 0 Å². The zero-order valence-corrected chi connectivity index (χ0v) is 19.0. The predicted octanol–water partition coefficient (Wildman–Crippen LogP) is 4.97. The standard InChI is InChI=1S/C23H31NO5S/c1-5-29-22(28)18-16-11-10-13(23(2,3)4)12-17(16)30-20(18)24-19(25)14-8-6-7-9-15(14)21(26)27/h13H,5-12H2,1-4H3,(H,24,25)(H,26,27). The number of hydrogen-bond acceptors (Lipinski definition) is 5. The van der Waals surface area contributed by atoms with Crippen molar-refractivity contribution in [1.29, 1.82) is 0 Å². The summed E-state index contributed by atoms with van der Waals surface area (Å²) < 4.78 is 5.28. The first-order valence-electron chi connectivity index (χ1n) is 10.7. The molecule has 6 nitrogen and oxygen atoms in total. The van der Waals surface area contributed by atoms with E-state index in [4.69, 9.17) is 4.74 Å². The van der Waals surface area contributed by atoms with Gasteiger partial charge in [-0.3, -0.25) is 4.79 Å². The number of aliphatic carboxylic acids is 1. The van der Waals surface area contributed by atoms with Crippen molar-refractivity contribution in [1.82, 2.24) is 0 Å². The van der Waals surface area contributed by atoms with E-state index in [-0.39, 0.29) is 17.6 Å². The van der Waals surface area contributed by atoms with E-state index >= 15 is 0 Å². The second-order valence-electron chi connectivity index (χ2n) is 9.16. The van der Waals surface area contributed by atoms with Gasteiger partial charge in [-0.2, -0.15) is 0 Å². The molecule has 164 valence electrons. The van der Waals surface area contributed by atoms with E-state index in [0.29, 0.717) is 34.9 Å². The molecule has 0 aromatic carbocycles. The topological polar surface area (TPSA) is 92.7 Å². The van der Waals surface area contributed by atoms with Crippen LogP contribution in [0.25, 0.3) is 0 Å². The maximum Gasteiger partial charge on any atom is 0.341 e. The number of carbonyl (C=O) groups is 3. The number of rotatable bonds is 5. The molecule has 1 aromatic rings. The van der Waals surface area contributed by atoms with Crippen LogP contribution in [0.1, 0.15) is 80.6 Å². The van der Waals surface area contributed by atoms with E-state index < -0.39 is 17.8 Å². The van der Waals surface area contributed by atoms with Gasteiger partial charge in [0.1, 0.15) is 5.00 Å². The van der Waals surface area contributed by atoms with Gasteiger partial charge in [0.15, 0.2) is 0 Å². The van der Waals surface area contributed by atoms with E-state index in [1.54, 1.807) is 6.92 Å². The zero-order chi connectivity index (χ0) is 22.1. The summed E-state index contributed by atoms with van der Waals surface area (Å²) >= 11 is 1.44. The van der Waals surface area contributed by atoms with Crippen LogP contribution in [0.5, 0.6) is 0 Å². The third kappa shape index (κ3) is 4.61. The second kappa shape index (κ2) is 8.92. The minimum absolute atomic E-state index is 0.165. The van der Waals surface area contributed by atoms with Crippen LogP contribution in [-0.4, -0.2) is 29.6 Å². The lowest BCUT2D eigenvalue weighted by Crippen LogP contribution is -2.26. The average Bonchev–Trinajstić information content (AvgIpc) is 3.04. The van der Waals surface area contributed by atoms with Gasteiger partial charge in [0.2, 0.25) is 0 Å². The largest absolute Gasteiger partial charge is 0.478 e. The van der Waals surface area contributed by atoms with Gasteiger partial charge in [0.25, 0.3) is 5.91 Å². The molecule has 7 heteroatoms. The molecule has 3 rings (SSSR count). The summed E-state index contributed by atoms with van der Waals surface area (Å²) in [6.07, 6.45) is 5.04. The molecular formula is C23H31NO5S. The number of carboxylic acid groups (broad SMARTS) is 1. The smallest absolute Gasteiger partial charge is 0.341 e. The molecule has 0 fully saturated rings. The molecule has 2 N–H and O–H groups in total. The second-order valence-corrected chi connectivity index (χ2v) is 10.3. The van der Waals surface area contributed by atoms with E-state index in [9.17, 15) is 19.5 Å². The summed E-state index contributed by atoms with van der Waals surface area (Å²) in [5.41, 5.74) is 2.10. The number of thiophene rings is 1. The highest BCUT2D eigenvalue weighted by Crippen LogP contribution is 2.44. The van der Waals surface area contributed by atoms with Crippen LogP contribution in [-0.2, 0) is 27.2 Å². The van der Waals surface area contributed by atoms with Crippen molar-refractivity contribution in [2.75, 3.05) is 11.9 Å². The Labute approximate surface area is 181 Å². The number of esters is 1. The van der Waals surface area contributed by atoms with Gasteiger partial charge >= 0.3 is 11.9 Å². The molecule has 0 saturated carbocycles. The maximum absolute atomic E-state index is 13.0. The van der Waals surface area contributed by atoms with Crippen molar-refractivity contribution in [3.63, 3.8) is 0 Å². The van der Waals surface area contributed by atoms with E-state index in [2.05, 4.69) is 26.1 Å². The summed E-state index contributed by atoms with van der Waals surface area (Å²) in [5.74, 6) is -1.37. The number of amides is 1. The summed E-state index contributed by atoms with van der Waals surface area (Å²) in [6, 6.07) is 0. The lowest BCUT2D eigenvalue weighted by Gasteiger charge is -2.33. The Bertz CT molecular complexity index is 890. The normalized spacial score (nSPS) is 19.3. The first kappa shape index (κ1) is 22.5. The lowest BCUT2D eigenvalue weighted by molar-refractivity contribution is -0.133. The number of fused-ring (bicyclic) bond motifs is 1. The quantitative estimate of drug-likeness (QED) is 0.640. The van der Waals surface area contributed by atoms with Crippen LogP contribution < -0.4 is 5.32 Å². The van der Waals surface area contributed by atoms with Crippen LogP contribution in [0, 0.1) is 11.3 Å². The number of carboxylic acids is 1. The molecule has 0 spiro atoms. The van der Waals surface area contributed by atoms with Crippen molar-refractivity contribution < 1.29 is 24.2 Å². The minimum atomic E-state index is -1.04. The summed E-state index contributed by atoms with van der Waals surface area (Å²) in [5, 5.41) is 12.8. The van der Waals surface area contributed by atoms with Crippen molar-refractivity contribution in [3.05, 3.63) is 27.2 Å². The highest BCUT2D eigenvalue weighted by Gasteiger charge is 2.35. The number of anilines is 1. The van der Waals surface area contributed by atoms with Crippen LogP contribution in [0.3, 0.4) is 0 Å². The molecule has 0 aliphatic heterocycles. The number of hydrogen-bond donors (Lipinski definition) is 2. The Morgan fingerprint density at radius 2 is 1.80 bits per heavy atom. The molecule has 1 heterocycles. The minimum Gasteiger partial charge on any atom is -0.478 e. The maximum atomic E-state index is 13.0. The fourth-order valence-corrected chi connectivity index (χ4v) is 5.71. The van der Waals surface area contributed by atoms with E-state index in [1.807, 2.05) is 0 Å². The molecule has 0 saturated heterocycles. The zero-order valence-electron chi connectivity index (χ0n) is 18.2. The van der Waals surface area contributed by atoms with Crippen LogP contribution in [0.4, 0.5) is 5.00 Å². The van der Waals surface area contributed by atoms with Crippen LogP contribution in [0.15, 0.2) is 11.1 Å². The lowest BCUT2D eigenvalue weighted by atomic mass is 9.72. The van der Waals surface area contributed by atoms with Crippen molar-refractivity contribution >= 4 is 34.2 Å². The average molecular weight is 434 g/mol. The monoisotopic (exact) mass is 433 g/mol. The summed E-state index contributed by atoms with van der Waals surface area (Å²) in [7, 11) is 0. The summed E-state index contributed by atoms with van der Waals surface area (Å²) in [4.78, 5) is 38.4. The van der Waals surface area contributed by atoms with Gasteiger partial charge in [-0.05, 0) is 68.8 Å². The third-order valence-corrected chi connectivity index (χ3v) is 7.37. The van der Waals surface area contributed by atoms with Crippen molar-refractivity contribution in [2.45, 2.75) is 72.6 Å². The Morgan fingerprint density at radius 3 is 2.40 bits per heavy atom. The van der Waals surface area contributed by atoms with Crippen LogP contribution in [0.2, 0.25) is 0 Å². The van der Waals surface area contributed by atoms with Gasteiger partial charge in [-0.15, -0.1) is 11.3 Å². The Balaban J connectivity index is 1.96. The molecule has 1 atom stereocenters. The molecule has 30 heavy (non-hydrogen) atoms. The van der Waals surface area contributed by atoms with Crippen molar-refractivity contribution in [2.24, 2.45) is 11.3 Å². The molecule has 1 aromatic heterocycles. The summed E-state index contributed by atoms with van der Waals surface area (Å²) in [6.45, 7) is 8.71. The molecule has 0 bridgehead atoms. The number of carbonyl (C=O) groups excluding carboxylic acids is 2. The van der Waals surface area contributed by atoms with Crippen LogP contribution >= 0.6 is 11.3 Å². The molecular weight excluding hydrogens is 402 g/mol. The van der Waals surface area contributed by atoms with E-state index in [0.717, 1.165) is 42.5 Å². The molecule has 1 amide bonds. The Kier molecular flexibility index (Phi) is 6.70. The molecule has 2 aliphatic rings. The van der Waals surface area contributed by atoms with Gasteiger partial charge in [-0.1, -0.05) is 20.8 Å². The number of ether oxygens (including phenoxy) is 1. The SMILES string of the molecule is CCOC(=O)c1c(NC(=O)C2=C(C(=O)O)CCCC2)sc2c1CCC(C(C)(C)C)C2. The first-order valence-corrected chi connectivity index (χ1v) is 11.5. The first-order chi connectivity index (χ1) is 14.1. The Morgan fingerprint density at radius 1 is 1.13 bits per heavy atom. The fourth-order valence-electron chi connectivity index (χ4n) is 4.40. The third-order valence-electron chi connectivity index (χ3n) is 6.20. The highest BCUT2D eigenvalue weighted by molar-refractivity contribution is 7.17. The highest BCUT2D eigenvalue weighted by atomic mass is 32.1. The Hall–Kier alpha value is -2.15. The van der Waals surface area contributed by atoms with Gasteiger partial charge in [0, 0.05) is 16.0 Å². The molecule has 2 aliphatic carbocycles. The van der Waals surface area contributed by atoms with Gasteiger partial charge < -0.3 is 15.2 Å². The fraction of sp³-hybridized carbons (Fsp3) is 0.609. The van der Waals surface area contributed by atoms with Gasteiger partial charge in [0.05, 0.1) is 12.2 Å². The van der Waals surface area contributed by atoms with Gasteiger partial charge in [-0.25, -0.2) is 9.59 Å². The molecule has 0 radical (unpaired) electrons. The molecule has 1 unspecified atom stereocenters.